The number of hydrogen-bond acceptors (Lipinski definition) is 3. The topological polar surface area (TPSA) is 32.3 Å². The molecule has 1 aliphatic rings. The average Bonchev–Trinajstić information content (AvgIpc) is 2.46. The second-order valence-corrected chi connectivity index (χ2v) is 6.92. The Morgan fingerprint density at radius 3 is 2.42 bits per heavy atom. The van der Waals surface area contributed by atoms with Crippen molar-refractivity contribution in [2.45, 2.75) is 49.8 Å². The van der Waals surface area contributed by atoms with Gasteiger partial charge in [0.05, 0.1) is 0 Å². The minimum absolute atomic E-state index is 0.337. The zero-order chi connectivity index (χ0) is 13.7. The summed E-state index contributed by atoms with van der Waals surface area (Å²) in [5.74, 6) is 0.337. The molecule has 3 heteroatoms. The fourth-order valence-electron chi connectivity index (χ4n) is 2.87. The maximum Gasteiger partial charge on any atom is 0.115 e. The number of hydrogen-bond donors (Lipinski definition) is 2. The van der Waals surface area contributed by atoms with Gasteiger partial charge in [0.1, 0.15) is 5.75 Å². The van der Waals surface area contributed by atoms with Crippen molar-refractivity contribution in [3.8, 4) is 5.75 Å². The molecule has 1 aliphatic carbocycles. The lowest BCUT2D eigenvalue weighted by atomic mass is 9.88. The van der Waals surface area contributed by atoms with Crippen LogP contribution in [0.4, 0.5) is 0 Å². The van der Waals surface area contributed by atoms with Crippen LogP contribution in [-0.4, -0.2) is 22.7 Å². The van der Waals surface area contributed by atoms with E-state index in [9.17, 15) is 5.11 Å². The first-order valence-electron chi connectivity index (χ1n) is 7.23. The summed E-state index contributed by atoms with van der Waals surface area (Å²) >= 11 is 2.03. The highest BCUT2D eigenvalue weighted by Crippen LogP contribution is 2.38. The monoisotopic (exact) mass is 279 g/mol. The maximum absolute atomic E-state index is 9.33. The van der Waals surface area contributed by atoms with Crippen molar-refractivity contribution < 1.29 is 5.11 Å². The van der Waals surface area contributed by atoms with Gasteiger partial charge in [0.2, 0.25) is 0 Å². The summed E-state index contributed by atoms with van der Waals surface area (Å²) < 4.78 is 0.434. The van der Waals surface area contributed by atoms with Crippen molar-refractivity contribution in [1.82, 2.24) is 5.32 Å². The predicted octanol–water partition coefficient (Wildman–Crippen LogP) is 4.11. The van der Waals surface area contributed by atoms with Crippen LogP contribution in [0.1, 0.15) is 50.6 Å². The van der Waals surface area contributed by atoms with Gasteiger partial charge in [0.25, 0.3) is 0 Å². The molecular formula is C16H25NOS. The van der Waals surface area contributed by atoms with E-state index in [0.29, 0.717) is 16.5 Å². The van der Waals surface area contributed by atoms with Crippen molar-refractivity contribution in [2.75, 3.05) is 12.8 Å². The van der Waals surface area contributed by atoms with Gasteiger partial charge < -0.3 is 10.4 Å². The quantitative estimate of drug-likeness (QED) is 0.851. The van der Waals surface area contributed by atoms with E-state index in [-0.39, 0.29) is 0 Å². The van der Waals surface area contributed by atoms with Crippen LogP contribution in [0, 0.1) is 0 Å². The Balaban J connectivity index is 1.91. The van der Waals surface area contributed by atoms with E-state index < -0.39 is 0 Å². The van der Waals surface area contributed by atoms with Gasteiger partial charge in [-0.25, -0.2) is 0 Å². The molecule has 1 fully saturated rings. The normalized spacial score (nSPS) is 20.1. The molecule has 0 aromatic heterocycles. The summed E-state index contributed by atoms with van der Waals surface area (Å²) in [7, 11) is 0. The Kier molecular flexibility index (Phi) is 5.17. The number of thioether (sulfide) groups is 1. The molecule has 19 heavy (non-hydrogen) atoms. The molecule has 0 aliphatic heterocycles. The van der Waals surface area contributed by atoms with Gasteiger partial charge in [0.15, 0.2) is 0 Å². The molecule has 0 radical (unpaired) electrons. The van der Waals surface area contributed by atoms with Crippen LogP contribution in [0.2, 0.25) is 0 Å². The molecule has 2 N–H and O–H groups in total. The number of aromatic hydroxyl groups is 1. The fourth-order valence-corrected chi connectivity index (χ4v) is 3.79. The molecule has 0 saturated heterocycles. The van der Waals surface area contributed by atoms with Crippen molar-refractivity contribution >= 4 is 11.8 Å². The van der Waals surface area contributed by atoms with Crippen molar-refractivity contribution in [3.05, 3.63) is 29.8 Å². The summed E-state index contributed by atoms with van der Waals surface area (Å²) in [5, 5.41) is 13.0. The van der Waals surface area contributed by atoms with E-state index in [1.165, 1.54) is 37.7 Å². The lowest BCUT2D eigenvalue weighted by Crippen LogP contribution is -2.40. The molecule has 2 rings (SSSR count). The zero-order valence-corrected chi connectivity index (χ0v) is 12.8. The fraction of sp³-hybridized carbons (Fsp3) is 0.625. The first kappa shape index (κ1) is 14.7. The molecule has 1 aromatic carbocycles. The van der Waals surface area contributed by atoms with E-state index in [0.717, 1.165) is 6.54 Å². The summed E-state index contributed by atoms with van der Waals surface area (Å²) in [6, 6.07) is 7.86. The minimum Gasteiger partial charge on any atom is -0.508 e. The molecule has 0 heterocycles. The van der Waals surface area contributed by atoms with Crippen LogP contribution in [0.3, 0.4) is 0 Å². The minimum atomic E-state index is 0.337. The summed E-state index contributed by atoms with van der Waals surface area (Å²) in [4.78, 5) is 0. The Hall–Kier alpha value is -0.670. The SMILES string of the molecule is CSC1(CNC(C)c2ccc(O)cc2)CCCCC1. The van der Waals surface area contributed by atoms with Gasteiger partial charge in [-0.1, -0.05) is 31.4 Å². The van der Waals surface area contributed by atoms with Crippen molar-refractivity contribution in [2.24, 2.45) is 0 Å². The van der Waals surface area contributed by atoms with Crippen LogP contribution in [0.25, 0.3) is 0 Å². The highest BCUT2D eigenvalue weighted by Gasteiger charge is 2.31. The van der Waals surface area contributed by atoms with Gasteiger partial charge in [-0.15, -0.1) is 0 Å². The van der Waals surface area contributed by atoms with Crippen LogP contribution in [0.5, 0.6) is 5.75 Å². The Morgan fingerprint density at radius 1 is 1.21 bits per heavy atom. The molecular weight excluding hydrogens is 254 g/mol. The third kappa shape index (κ3) is 3.90. The number of phenolic OH excluding ortho intramolecular Hbond substituents is 1. The zero-order valence-electron chi connectivity index (χ0n) is 12.0. The summed E-state index contributed by atoms with van der Waals surface area (Å²) in [5.41, 5.74) is 1.24. The highest BCUT2D eigenvalue weighted by atomic mass is 32.2. The maximum atomic E-state index is 9.33. The summed E-state index contributed by atoms with van der Waals surface area (Å²) in [6.07, 6.45) is 9.06. The number of benzene rings is 1. The van der Waals surface area contributed by atoms with Gasteiger partial charge in [-0.2, -0.15) is 11.8 Å². The number of nitrogens with one attached hydrogen (secondary N) is 1. The predicted molar refractivity (Wildman–Crippen MR) is 83.9 cm³/mol. The van der Waals surface area contributed by atoms with Gasteiger partial charge in [0, 0.05) is 17.3 Å². The standard InChI is InChI=1S/C16H25NOS/c1-13(14-6-8-15(18)9-7-14)17-12-16(19-2)10-4-3-5-11-16/h6-9,13,17-18H,3-5,10-12H2,1-2H3. The van der Waals surface area contributed by atoms with Crippen LogP contribution >= 0.6 is 11.8 Å². The first-order chi connectivity index (χ1) is 9.15. The van der Waals surface area contributed by atoms with Gasteiger partial charge >= 0.3 is 0 Å². The molecule has 0 spiro atoms. The molecule has 1 atom stereocenters. The van der Waals surface area contributed by atoms with Crippen molar-refractivity contribution in [3.63, 3.8) is 0 Å². The molecule has 106 valence electrons. The molecule has 0 amide bonds. The smallest absolute Gasteiger partial charge is 0.115 e. The van der Waals surface area contributed by atoms with Gasteiger partial charge in [-0.3, -0.25) is 0 Å². The number of rotatable bonds is 5. The third-order valence-electron chi connectivity index (χ3n) is 4.32. The second kappa shape index (κ2) is 6.67. The molecule has 1 unspecified atom stereocenters. The highest BCUT2D eigenvalue weighted by molar-refractivity contribution is 8.00. The average molecular weight is 279 g/mol. The van der Waals surface area contributed by atoms with Crippen LogP contribution in [-0.2, 0) is 0 Å². The Labute approximate surface area is 121 Å². The molecule has 1 saturated carbocycles. The van der Waals surface area contributed by atoms with E-state index in [1.54, 1.807) is 12.1 Å². The molecule has 0 bridgehead atoms. The third-order valence-corrected chi connectivity index (χ3v) is 5.74. The second-order valence-electron chi connectivity index (χ2n) is 5.64. The largest absolute Gasteiger partial charge is 0.508 e. The summed E-state index contributed by atoms with van der Waals surface area (Å²) in [6.45, 7) is 3.28. The van der Waals surface area contributed by atoms with E-state index in [4.69, 9.17) is 0 Å². The van der Waals surface area contributed by atoms with E-state index in [2.05, 4.69) is 18.5 Å². The van der Waals surface area contributed by atoms with Crippen molar-refractivity contribution in [1.29, 1.82) is 0 Å². The molecule has 2 nitrogen and oxygen atoms in total. The first-order valence-corrected chi connectivity index (χ1v) is 8.45. The lowest BCUT2D eigenvalue weighted by molar-refractivity contribution is 0.367. The van der Waals surface area contributed by atoms with E-state index in [1.807, 2.05) is 23.9 Å². The van der Waals surface area contributed by atoms with Gasteiger partial charge in [-0.05, 0) is 43.7 Å². The number of phenols is 1. The lowest BCUT2D eigenvalue weighted by Gasteiger charge is -2.37. The van der Waals surface area contributed by atoms with Crippen LogP contribution in [0.15, 0.2) is 24.3 Å². The van der Waals surface area contributed by atoms with E-state index >= 15 is 0 Å². The Bertz CT molecular complexity index is 384. The Morgan fingerprint density at radius 2 is 1.84 bits per heavy atom. The van der Waals surface area contributed by atoms with Crippen LogP contribution < -0.4 is 5.32 Å². The molecule has 1 aromatic rings.